The van der Waals surface area contributed by atoms with Crippen molar-refractivity contribution in [3.8, 4) is 11.8 Å². The summed E-state index contributed by atoms with van der Waals surface area (Å²) >= 11 is 0. The van der Waals surface area contributed by atoms with Crippen molar-refractivity contribution in [2.45, 2.75) is 17.9 Å². The second-order valence-corrected chi connectivity index (χ2v) is 10.3. The molecule has 0 saturated carbocycles. The molecule has 0 bridgehead atoms. The Labute approximate surface area is 190 Å². The molecule has 0 fully saturated rings. The van der Waals surface area contributed by atoms with E-state index in [1.54, 1.807) is 24.3 Å². The first kappa shape index (κ1) is 22.1. The summed E-state index contributed by atoms with van der Waals surface area (Å²) in [5, 5.41) is 0. The molecule has 0 atom stereocenters. The maximum Gasteiger partial charge on any atom is 0.254 e. The molecule has 2 aromatic carbocycles. The van der Waals surface area contributed by atoms with Crippen molar-refractivity contribution in [3.05, 3.63) is 77.0 Å². The Morgan fingerprint density at radius 3 is 2.44 bits per heavy atom. The average molecular weight is 450 g/mol. The molecule has 2 aliphatic rings. The third kappa shape index (κ3) is 5.04. The predicted octanol–water partition coefficient (Wildman–Crippen LogP) is 2.33. The molecule has 0 unspecified atom stereocenters. The molecule has 0 radical (unpaired) electrons. The summed E-state index contributed by atoms with van der Waals surface area (Å²) in [6.45, 7) is 3.06. The molecule has 4 rings (SSSR count). The number of hydrogen-bond donors (Lipinski definition) is 0. The highest BCUT2D eigenvalue weighted by atomic mass is 32.2. The Hall–Kier alpha value is -3.08. The van der Waals surface area contributed by atoms with Gasteiger partial charge in [0.05, 0.1) is 23.7 Å². The Morgan fingerprint density at radius 1 is 1.03 bits per heavy atom. The second kappa shape index (κ2) is 9.19. The second-order valence-electron chi connectivity index (χ2n) is 8.31. The minimum atomic E-state index is -3.23. The number of rotatable bonds is 4. The van der Waals surface area contributed by atoms with Crippen LogP contribution in [0.4, 0.5) is 0 Å². The maximum atomic E-state index is 13.3. The lowest BCUT2D eigenvalue weighted by molar-refractivity contribution is -0.131. The van der Waals surface area contributed by atoms with Crippen LogP contribution in [0.15, 0.2) is 70.8 Å². The molecule has 2 aliphatic heterocycles. The van der Waals surface area contributed by atoms with Gasteiger partial charge in [-0.3, -0.25) is 9.69 Å². The maximum absolute atomic E-state index is 13.3. The molecule has 0 N–H and O–H groups in total. The fourth-order valence-corrected chi connectivity index (χ4v) is 4.74. The third-order valence-corrected chi connectivity index (χ3v) is 6.95. The number of benzene rings is 2. The zero-order valence-electron chi connectivity index (χ0n) is 18.4. The predicted molar refractivity (Wildman–Crippen MR) is 124 cm³/mol. The van der Waals surface area contributed by atoms with Crippen LogP contribution in [0.5, 0.6) is 0 Å². The summed E-state index contributed by atoms with van der Waals surface area (Å²) in [5.41, 5.74) is 3.85. The van der Waals surface area contributed by atoms with Gasteiger partial charge in [0.15, 0.2) is 9.84 Å². The molecule has 7 heteroatoms. The molecule has 6 nitrogen and oxygen atoms in total. The Morgan fingerprint density at radius 2 is 1.75 bits per heavy atom. The van der Waals surface area contributed by atoms with Gasteiger partial charge in [-0.25, -0.2) is 8.42 Å². The van der Waals surface area contributed by atoms with Crippen LogP contribution in [0.3, 0.4) is 0 Å². The quantitative estimate of drug-likeness (QED) is 0.671. The smallest absolute Gasteiger partial charge is 0.254 e. The molecule has 0 saturated heterocycles. The van der Waals surface area contributed by atoms with E-state index in [4.69, 9.17) is 0 Å². The van der Waals surface area contributed by atoms with Crippen molar-refractivity contribution in [2.24, 2.45) is 0 Å². The van der Waals surface area contributed by atoms with Crippen LogP contribution in [-0.4, -0.2) is 68.6 Å². The highest BCUT2D eigenvalue weighted by molar-refractivity contribution is 7.90. The van der Waals surface area contributed by atoms with E-state index in [-0.39, 0.29) is 10.8 Å². The summed E-state index contributed by atoms with van der Waals surface area (Å²) in [7, 11) is -1.21. The van der Waals surface area contributed by atoms with Crippen LogP contribution in [0.2, 0.25) is 0 Å². The molecule has 2 aromatic rings. The van der Waals surface area contributed by atoms with Crippen molar-refractivity contribution in [1.82, 2.24) is 14.7 Å². The molecular weight excluding hydrogens is 422 g/mol. The van der Waals surface area contributed by atoms with Crippen molar-refractivity contribution >= 4 is 15.7 Å². The molecule has 0 spiro atoms. The van der Waals surface area contributed by atoms with E-state index in [2.05, 4.69) is 21.6 Å². The Balaban J connectivity index is 1.44. The van der Waals surface area contributed by atoms with Gasteiger partial charge in [0.1, 0.15) is 0 Å². The summed E-state index contributed by atoms with van der Waals surface area (Å²) in [6, 6.07) is 16.7. The molecule has 32 heavy (non-hydrogen) atoms. The van der Waals surface area contributed by atoms with Crippen LogP contribution >= 0.6 is 0 Å². The number of nitrogens with zero attached hydrogens (tertiary/aromatic N) is 3. The van der Waals surface area contributed by atoms with E-state index in [1.807, 2.05) is 42.3 Å². The SMILES string of the molecule is CN1CN(Cc2ccc(S(C)(=O)=O)cc2)C(=O)C2=C1CCN(CC#Cc1ccccc1)C2. The van der Waals surface area contributed by atoms with Crippen LogP contribution in [0.1, 0.15) is 17.5 Å². The molecule has 2 heterocycles. The average Bonchev–Trinajstić information content (AvgIpc) is 2.78. The van der Waals surface area contributed by atoms with Crippen LogP contribution in [-0.2, 0) is 21.2 Å². The van der Waals surface area contributed by atoms with E-state index in [1.165, 1.54) is 6.26 Å². The van der Waals surface area contributed by atoms with Gasteiger partial charge in [-0.2, -0.15) is 0 Å². The lowest BCUT2D eigenvalue weighted by Gasteiger charge is -2.42. The Kier molecular flexibility index (Phi) is 6.35. The van der Waals surface area contributed by atoms with E-state index >= 15 is 0 Å². The number of amides is 1. The first-order chi connectivity index (χ1) is 15.3. The van der Waals surface area contributed by atoms with Crippen LogP contribution < -0.4 is 0 Å². The standard InChI is InChI=1S/C25H27N3O3S/c1-26-19-28(17-21-10-12-22(13-11-21)32(2,30)31)25(29)23-18-27(16-14-24(23)26)15-6-9-20-7-4-3-5-8-20/h3-5,7-8,10-13H,14-19H2,1-2H3. The third-order valence-electron chi connectivity index (χ3n) is 5.82. The van der Waals surface area contributed by atoms with E-state index in [0.29, 0.717) is 26.3 Å². The molecule has 0 aromatic heterocycles. The lowest BCUT2D eigenvalue weighted by Crippen LogP contribution is -2.50. The van der Waals surface area contributed by atoms with Crippen molar-refractivity contribution in [1.29, 1.82) is 0 Å². The zero-order valence-corrected chi connectivity index (χ0v) is 19.2. The van der Waals surface area contributed by atoms with E-state index in [0.717, 1.165) is 35.4 Å². The monoisotopic (exact) mass is 449 g/mol. The summed E-state index contributed by atoms with van der Waals surface area (Å²) in [5.74, 6) is 6.46. The lowest BCUT2D eigenvalue weighted by atomic mass is 10.0. The van der Waals surface area contributed by atoms with E-state index in [9.17, 15) is 13.2 Å². The summed E-state index contributed by atoms with van der Waals surface area (Å²) in [4.78, 5) is 19.7. The van der Waals surface area contributed by atoms with Gasteiger partial charge in [0.2, 0.25) is 0 Å². The van der Waals surface area contributed by atoms with Gasteiger partial charge in [-0.1, -0.05) is 42.2 Å². The molecular formula is C25H27N3O3S. The minimum absolute atomic E-state index is 0.0472. The fraction of sp³-hybridized carbons (Fsp3) is 0.320. The van der Waals surface area contributed by atoms with Gasteiger partial charge < -0.3 is 9.80 Å². The van der Waals surface area contributed by atoms with Gasteiger partial charge in [-0.15, -0.1) is 0 Å². The van der Waals surface area contributed by atoms with Gasteiger partial charge in [-0.05, 0) is 29.8 Å². The largest absolute Gasteiger partial charge is 0.360 e. The van der Waals surface area contributed by atoms with Gasteiger partial charge in [0, 0.05) is 50.6 Å². The summed E-state index contributed by atoms with van der Waals surface area (Å²) in [6.07, 6.45) is 2.03. The normalized spacial score (nSPS) is 17.1. The van der Waals surface area contributed by atoms with Crippen LogP contribution in [0, 0.1) is 11.8 Å². The molecule has 1 amide bonds. The highest BCUT2D eigenvalue weighted by Crippen LogP contribution is 2.27. The van der Waals surface area contributed by atoms with Crippen LogP contribution in [0.25, 0.3) is 0 Å². The first-order valence-corrected chi connectivity index (χ1v) is 12.5. The van der Waals surface area contributed by atoms with Crippen molar-refractivity contribution in [2.75, 3.05) is 39.6 Å². The number of hydrogen-bond acceptors (Lipinski definition) is 5. The number of sulfone groups is 1. The number of carbonyl (C=O) groups is 1. The number of carbonyl (C=O) groups excluding carboxylic acids is 1. The Bertz CT molecular complexity index is 1190. The van der Waals surface area contributed by atoms with Crippen molar-refractivity contribution in [3.63, 3.8) is 0 Å². The van der Waals surface area contributed by atoms with Crippen molar-refractivity contribution < 1.29 is 13.2 Å². The topological polar surface area (TPSA) is 60.9 Å². The molecule has 0 aliphatic carbocycles. The summed E-state index contributed by atoms with van der Waals surface area (Å²) < 4.78 is 23.4. The van der Waals surface area contributed by atoms with Gasteiger partial charge in [0.25, 0.3) is 5.91 Å². The first-order valence-electron chi connectivity index (χ1n) is 10.6. The minimum Gasteiger partial charge on any atom is -0.360 e. The zero-order chi connectivity index (χ0) is 22.7. The molecule has 166 valence electrons. The fourth-order valence-electron chi connectivity index (χ4n) is 4.11. The van der Waals surface area contributed by atoms with Gasteiger partial charge >= 0.3 is 0 Å². The highest BCUT2D eigenvalue weighted by Gasteiger charge is 2.33. The van der Waals surface area contributed by atoms with E-state index < -0.39 is 9.84 Å².